The normalized spacial score (nSPS) is 13.5. The highest BCUT2D eigenvalue weighted by Crippen LogP contribution is 2.33. The molecule has 0 bridgehead atoms. The molecular weight excluding hydrogens is 464 g/mol. The molecule has 4 rings (SSSR count). The number of rotatable bonds is 6. The highest BCUT2D eigenvalue weighted by molar-refractivity contribution is 7.92. The maximum atomic E-state index is 12.9. The van der Waals surface area contributed by atoms with Gasteiger partial charge in [0.2, 0.25) is 11.6 Å². The van der Waals surface area contributed by atoms with Gasteiger partial charge in [0.15, 0.2) is 0 Å². The van der Waals surface area contributed by atoms with Crippen molar-refractivity contribution in [3.05, 3.63) is 94.1 Å². The molecule has 7 nitrogen and oxygen atoms in total. The van der Waals surface area contributed by atoms with Crippen LogP contribution >= 0.6 is 11.6 Å². The van der Waals surface area contributed by atoms with Gasteiger partial charge in [-0.15, -0.1) is 0 Å². The highest BCUT2D eigenvalue weighted by Gasteiger charge is 2.31. The van der Waals surface area contributed by atoms with Crippen LogP contribution in [0.25, 0.3) is 0 Å². The Morgan fingerprint density at radius 2 is 1.45 bits per heavy atom. The van der Waals surface area contributed by atoms with Gasteiger partial charge in [0.25, 0.3) is 10.0 Å². The summed E-state index contributed by atoms with van der Waals surface area (Å²) < 4.78 is 33.6. The van der Waals surface area contributed by atoms with Crippen LogP contribution in [0.3, 0.4) is 0 Å². The fourth-order valence-electron chi connectivity index (χ4n) is 3.40. The van der Waals surface area contributed by atoms with Crippen LogP contribution in [0, 0.1) is 6.92 Å². The molecule has 1 aliphatic carbocycles. The van der Waals surface area contributed by atoms with Crippen LogP contribution in [0.15, 0.2) is 82.4 Å². The molecule has 0 amide bonds. The zero-order valence-corrected chi connectivity index (χ0v) is 19.3. The predicted molar refractivity (Wildman–Crippen MR) is 127 cm³/mol. The fraction of sp³-hybridized carbons (Fsp3) is 0.0833. The Hall–Kier alpha value is -3.62. The molecule has 0 radical (unpaired) electrons. The SMILES string of the molecule is COc1cc(NC2=C(Cl)C(=O)c3ccccc3C2=O)ccc1S(=O)(=O)Nc1ccc(C)cc1. The molecule has 3 aromatic rings. The van der Waals surface area contributed by atoms with Crippen LogP contribution in [0.2, 0.25) is 0 Å². The summed E-state index contributed by atoms with van der Waals surface area (Å²) in [6.45, 7) is 1.90. The van der Waals surface area contributed by atoms with Crippen LogP contribution in [0.4, 0.5) is 11.4 Å². The van der Waals surface area contributed by atoms with Gasteiger partial charge in [-0.2, -0.15) is 0 Å². The lowest BCUT2D eigenvalue weighted by molar-refractivity contribution is 0.0982. The Bertz CT molecular complexity index is 1410. The van der Waals surface area contributed by atoms with E-state index in [4.69, 9.17) is 16.3 Å². The number of sulfonamides is 1. The van der Waals surface area contributed by atoms with E-state index in [1.807, 2.05) is 6.92 Å². The predicted octanol–water partition coefficient (Wildman–Crippen LogP) is 4.75. The van der Waals surface area contributed by atoms with E-state index in [9.17, 15) is 18.0 Å². The number of carbonyl (C=O) groups is 2. The quantitative estimate of drug-likeness (QED) is 0.526. The molecule has 33 heavy (non-hydrogen) atoms. The second-order valence-corrected chi connectivity index (χ2v) is 9.38. The fourth-order valence-corrected chi connectivity index (χ4v) is 4.85. The zero-order valence-electron chi connectivity index (χ0n) is 17.7. The van der Waals surface area contributed by atoms with Crippen LogP contribution in [0.5, 0.6) is 5.75 Å². The molecule has 2 N–H and O–H groups in total. The summed E-state index contributed by atoms with van der Waals surface area (Å²) in [5.41, 5.74) is 2.12. The van der Waals surface area contributed by atoms with E-state index in [0.717, 1.165) is 5.56 Å². The zero-order chi connectivity index (χ0) is 23.8. The number of methoxy groups -OCH3 is 1. The maximum Gasteiger partial charge on any atom is 0.265 e. The largest absolute Gasteiger partial charge is 0.495 e. The lowest BCUT2D eigenvalue weighted by atomic mass is 9.92. The number of nitrogens with one attached hydrogen (secondary N) is 2. The van der Waals surface area contributed by atoms with Crippen LogP contribution in [0.1, 0.15) is 26.3 Å². The number of Topliss-reactive ketones (excluding diaryl/α,β-unsaturated/α-hetero) is 2. The topological polar surface area (TPSA) is 102 Å². The number of aryl methyl sites for hydroxylation is 1. The number of ketones is 2. The monoisotopic (exact) mass is 482 g/mol. The Morgan fingerprint density at radius 1 is 0.848 bits per heavy atom. The molecule has 3 aromatic carbocycles. The smallest absolute Gasteiger partial charge is 0.265 e. The molecule has 0 saturated heterocycles. The second-order valence-electron chi connectivity index (χ2n) is 7.35. The first-order valence-electron chi connectivity index (χ1n) is 9.84. The average molecular weight is 483 g/mol. The van der Waals surface area contributed by atoms with Crippen molar-refractivity contribution in [2.75, 3.05) is 17.1 Å². The molecule has 0 unspecified atom stereocenters. The average Bonchev–Trinajstić information content (AvgIpc) is 2.81. The van der Waals surface area contributed by atoms with Gasteiger partial charge in [0.1, 0.15) is 21.4 Å². The third-order valence-electron chi connectivity index (χ3n) is 5.09. The molecular formula is C24H19ClN2O5S. The molecule has 0 atom stereocenters. The Morgan fingerprint density at radius 3 is 2.09 bits per heavy atom. The number of halogens is 1. The lowest BCUT2D eigenvalue weighted by Gasteiger charge is -2.19. The van der Waals surface area contributed by atoms with Gasteiger partial charge in [-0.1, -0.05) is 53.6 Å². The summed E-state index contributed by atoms with van der Waals surface area (Å²) in [6, 6.07) is 17.5. The first kappa shape index (κ1) is 22.6. The van der Waals surface area contributed by atoms with E-state index in [0.29, 0.717) is 11.4 Å². The van der Waals surface area contributed by atoms with E-state index in [1.165, 1.54) is 25.3 Å². The summed E-state index contributed by atoms with van der Waals surface area (Å²) in [7, 11) is -2.62. The number of benzene rings is 3. The molecule has 1 aliphatic rings. The summed E-state index contributed by atoms with van der Waals surface area (Å²) in [5, 5.41) is 2.60. The first-order chi connectivity index (χ1) is 15.7. The highest BCUT2D eigenvalue weighted by atomic mass is 35.5. The van der Waals surface area contributed by atoms with E-state index in [2.05, 4.69) is 10.0 Å². The van der Waals surface area contributed by atoms with Gasteiger partial charge in [-0.05, 0) is 31.2 Å². The summed E-state index contributed by atoms with van der Waals surface area (Å²) >= 11 is 6.19. The summed E-state index contributed by atoms with van der Waals surface area (Å²) in [6.07, 6.45) is 0. The van der Waals surface area contributed by atoms with Crippen molar-refractivity contribution in [3.63, 3.8) is 0 Å². The number of fused-ring (bicyclic) bond motifs is 1. The number of carbonyl (C=O) groups excluding carboxylic acids is 2. The first-order valence-corrected chi connectivity index (χ1v) is 11.7. The molecule has 0 heterocycles. The number of hydrogen-bond acceptors (Lipinski definition) is 6. The lowest BCUT2D eigenvalue weighted by Crippen LogP contribution is -2.24. The molecule has 0 fully saturated rings. The van der Waals surface area contributed by atoms with E-state index in [1.54, 1.807) is 48.5 Å². The van der Waals surface area contributed by atoms with E-state index >= 15 is 0 Å². The van der Waals surface area contributed by atoms with Crippen LogP contribution in [-0.4, -0.2) is 27.1 Å². The third kappa shape index (κ3) is 4.35. The van der Waals surface area contributed by atoms with Gasteiger partial charge in [-0.25, -0.2) is 8.42 Å². The second kappa shape index (κ2) is 8.73. The standard InChI is InChI=1S/C24H19ClN2O5S/c1-14-7-9-15(10-8-14)27-33(30,31)20-12-11-16(13-19(20)32-2)26-22-21(25)23(28)17-5-3-4-6-18(17)24(22)29/h3-13,26-27H,1-2H3. The summed E-state index contributed by atoms with van der Waals surface area (Å²) in [5.74, 6) is -0.860. The Labute approximate surface area is 196 Å². The molecule has 0 aliphatic heterocycles. The molecule has 0 spiro atoms. The van der Waals surface area contributed by atoms with Crippen LogP contribution in [-0.2, 0) is 10.0 Å². The van der Waals surface area contributed by atoms with Gasteiger partial charge in [0.05, 0.1) is 7.11 Å². The van der Waals surface area contributed by atoms with Crippen LogP contribution < -0.4 is 14.8 Å². The van der Waals surface area contributed by atoms with Gasteiger partial charge >= 0.3 is 0 Å². The van der Waals surface area contributed by atoms with Crippen molar-refractivity contribution in [1.29, 1.82) is 0 Å². The van der Waals surface area contributed by atoms with E-state index in [-0.39, 0.29) is 32.5 Å². The Kier molecular flexibility index (Phi) is 5.97. The van der Waals surface area contributed by atoms with Crippen molar-refractivity contribution < 1.29 is 22.7 Å². The molecule has 168 valence electrons. The molecule has 9 heteroatoms. The van der Waals surface area contributed by atoms with Gasteiger partial charge in [-0.3, -0.25) is 14.3 Å². The minimum atomic E-state index is -3.95. The van der Waals surface area contributed by atoms with Gasteiger partial charge in [0, 0.05) is 28.6 Å². The van der Waals surface area contributed by atoms with Crippen molar-refractivity contribution in [2.24, 2.45) is 0 Å². The summed E-state index contributed by atoms with van der Waals surface area (Å²) in [4.78, 5) is 25.4. The van der Waals surface area contributed by atoms with E-state index < -0.39 is 21.6 Å². The maximum absolute atomic E-state index is 12.9. The molecule has 0 aromatic heterocycles. The van der Waals surface area contributed by atoms with Crippen molar-refractivity contribution >= 4 is 44.6 Å². The van der Waals surface area contributed by atoms with Crippen molar-refractivity contribution in [3.8, 4) is 5.75 Å². The molecule has 0 saturated carbocycles. The number of anilines is 2. The minimum absolute atomic E-state index is 0.0475. The number of hydrogen-bond donors (Lipinski definition) is 2. The number of allylic oxidation sites excluding steroid dienone is 2. The van der Waals surface area contributed by atoms with Gasteiger partial charge < -0.3 is 10.1 Å². The van der Waals surface area contributed by atoms with Crippen molar-refractivity contribution in [2.45, 2.75) is 11.8 Å². The minimum Gasteiger partial charge on any atom is -0.495 e. The van der Waals surface area contributed by atoms with Crippen molar-refractivity contribution in [1.82, 2.24) is 0 Å². The Balaban J connectivity index is 1.65. The third-order valence-corrected chi connectivity index (χ3v) is 6.87. The number of ether oxygens (including phenoxy) is 1.